The van der Waals surface area contributed by atoms with Crippen LogP contribution in [0.4, 0.5) is 13.2 Å². The second-order valence-electron chi connectivity index (χ2n) is 5.98. The van der Waals surface area contributed by atoms with E-state index in [0.29, 0.717) is 0 Å². The average molecular weight is 335 g/mol. The number of furan rings is 1. The molecule has 0 spiro atoms. The van der Waals surface area contributed by atoms with Crippen molar-refractivity contribution in [3.05, 3.63) is 23.7 Å². The molecule has 0 bridgehead atoms. The van der Waals surface area contributed by atoms with E-state index < -0.39 is 29.9 Å². The molecule has 0 saturated carbocycles. The van der Waals surface area contributed by atoms with Crippen LogP contribution in [-0.4, -0.2) is 47.4 Å². The fourth-order valence-corrected chi connectivity index (χ4v) is 2.79. The number of halogens is 3. The highest BCUT2D eigenvalue weighted by Gasteiger charge is 2.59. The number of morpholine rings is 1. The van der Waals surface area contributed by atoms with Crippen molar-refractivity contribution in [1.29, 1.82) is 0 Å². The Morgan fingerprint density at radius 3 is 2.30 bits per heavy atom. The number of amides is 1. The van der Waals surface area contributed by atoms with Crippen LogP contribution >= 0.6 is 0 Å². The maximum absolute atomic E-state index is 13.4. The smallest absolute Gasteiger partial charge is 0.425 e. The number of carbonyl (C=O) groups is 1. The van der Waals surface area contributed by atoms with Crippen LogP contribution in [0.5, 0.6) is 0 Å². The van der Waals surface area contributed by atoms with E-state index in [9.17, 15) is 23.1 Å². The first-order valence-corrected chi connectivity index (χ1v) is 7.31. The van der Waals surface area contributed by atoms with Crippen molar-refractivity contribution in [3.8, 4) is 0 Å². The first-order chi connectivity index (χ1) is 10.6. The molecule has 130 valence electrons. The summed E-state index contributed by atoms with van der Waals surface area (Å²) < 4.78 is 50.5. The summed E-state index contributed by atoms with van der Waals surface area (Å²) in [6.45, 7) is 5.35. The summed E-state index contributed by atoms with van der Waals surface area (Å²) in [5.74, 6) is -1.24. The number of rotatable bonds is 3. The fraction of sp³-hybridized carbons (Fsp3) is 0.667. The van der Waals surface area contributed by atoms with Crippen molar-refractivity contribution < 1.29 is 32.2 Å². The van der Waals surface area contributed by atoms with Crippen molar-refractivity contribution in [1.82, 2.24) is 4.90 Å². The molecule has 5 nitrogen and oxygen atoms in total. The first-order valence-electron chi connectivity index (χ1n) is 7.31. The van der Waals surface area contributed by atoms with E-state index in [0.717, 1.165) is 6.07 Å². The highest BCUT2D eigenvalue weighted by Crippen LogP contribution is 2.43. The second kappa shape index (κ2) is 6.16. The molecule has 0 aromatic carbocycles. The van der Waals surface area contributed by atoms with Crippen molar-refractivity contribution in [3.63, 3.8) is 0 Å². The summed E-state index contributed by atoms with van der Waals surface area (Å²) in [5, 5.41) is 10.2. The Morgan fingerprint density at radius 1 is 1.30 bits per heavy atom. The van der Waals surface area contributed by atoms with Crippen LogP contribution in [0.2, 0.25) is 0 Å². The number of aryl methyl sites for hydroxylation is 1. The Labute approximate surface area is 132 Å². The van der Waals surface area contributed by atoms with E-state index in [1.165, 1.54) is 17.9 Å². The summed E-state index contributed by atoms with van der Waals surface area (Å²) in [6.07, 6.45) is -6.16. The van der Waals surface area contributed by atoms with E-state index in [1.807, 2.05) is 0 Å². The second-order valence-corrected chi connectivity index (χ2v) is 5.98. The Kier molecular flexibility index (Phi) is 4.77. The van der Waals surface area contributed by atoms with Crippen LogP contribution < -0.4 is 0 Å². The van der Waals surface area contributed by atoms with Gasteiger partial charge < -0.3 is 19.2 Å². The van der Waals surface area contributed by atoms with Crippen LogP contribution in [0.15, 0.2) is 16.5 Å². The molecule has 0 radical (unpaired) electrons. The van der Waals surface area contributed by atoms with Gasteiger partial charge in [0.2, 0.25) is 11.5 Å². The van der Waals surface area contributed by atoms with Gasteiger partial charge in [0.25, 0.3) is 0 Å². The molecular formula is C15H20F3NO4. The van der Waals surface area contributed by atoms with Crippen LogP contribution in [0.1, 0.15) is 31.8 Å². The van der Waals surface area contributed by atoms with Crippen molar-refractivity contribution in [2.24, 2.45) is 0 Å². The van der Waals surface area contributed by atoms with Gasteiger partial charge in [-0.3, -0.25) is 4.79 Å². The molecule has 1 aromatic heterocycles. The zero-order valence-electron chi connectivity index (χ0n) is 13.2. The van der Waals surface area contributed by atoms with Gasteiger partial charge >= 0.3 is 6.18 Å². The summed E-state index contributed by atoms with van der Waals surface area (Å²) in [6, 6.07) is 1.64. The number of ether oxygens (including phenoxy) is 1. The van der Waals surface area contributed by atoms with Gasteiger partial charge in [-0.2, -0.15) is 13.2 Å². The molecule has 1 fully saturated rings. The van der Waals surface area contributed by atoms with Crippen LogP contribution in [0.25, 0.3) is 0 Å². The normalized spacial score (nSPS) is 25.3. The molecule has 23 heavy (non-hydrogen) atoms. The summed E-state index contributed by atoms with van der Waals surface area (Å²) in [4.78, 5) is 13.8. The van der Waals surface area contributed by atoms with E-state index >= 15 is 0 Å². The number of aliphatic hydroxyl groups is 1. The fourth-order valence-electron chi connectivity index (χ4n) is 2.79. The predicted molar refractivity (Wildman–Crippen MR) is 74.6 cm³/mol. The van der Waals surface area contributed by atoms with Gasteiger partial charge in [-0.05, 0) is 32.9 Å². The standard InChI is InChI=1S/C15H20F3NO4/c1-9-7-22-8-10(2)19(9)13(20)6-14(21,15(16,17)18)12-5-4-11(3)23-12/h4-5,9-10,21H,6-8H2,1-3H3. The van der Waals surface area contributed by atoms with Gasteiger partial charge in [-0.25, -0.2) is 0 Å². The van der Waals surface area contributed by atoms with E-state index in [1.54, 1.807) is 13.8 Å². The van der Waals surface area contributed by atoms with E-state index in [4.69, 9.17) is 9.15 Å². The molecule has 3 unspecified atom stereocenters. The van der Waals surface area contributed by atoms with Crippen molar-refractivity contribution in [2.75, 3.05) is 13.2 Å². The van der Waals surface area contributed by atoms with Gasteiger partial charge in [0.1, 0.15) is 11.5 Å². The number of hydrogen-bond acceptors (Lipinski definition) is 4. The summed E-state index contributed by atoms with van der Waals surface area (Å²) in [5.41, 5.74) is -3.35. The molecule has 2 rings (SSSR count). The van der Waals surface area contributed by atoms with Crippen molar-refractivity contribution >= 4 is 5.91 Å². The molecule has 2 heterocycles. The Balaban J connectivity index is 2.30. The molecule has 8 heteroatoms. The minimum atomic E-state index is -5.04. The van der Waals surface area contributed by atoms with Crippen molar-refractivity contribution in [2.45, 2.75) is 51.1 Å². The number of hydrogen-bond donors (Lipinski definition) is 1. The molecule has 0 aliphatic carbocycles. The molecule has 1 aromatic rings. The molecular weight excluding hydrogens is 315 g/mol. The Hall–Kier alpha value is -1.54. The predicted octanol–water partition coefficient (Wildman–Crippen LogP) is 2.36. The van der Waals surface area contributed by atoms with E-state index in [-0.39, 0.29) is 31.1 Å². The van der Waals surface area contributed by atoms with Gasteiger partial charge in [0.15, 0.2) is 0 Å². The Bertz CT molecular complexity index is 561. The molecule has 3 atom stereocenters. The number of alkyl halides is 3. The molecule has 1 aliphatic rings. The number of nitrogens with zero attached hydrogens (tertiary/aromatic N) is 1. The molecule has 1 amide bonds. The first kappa shape index (κ1) is 17.8. The monoisotopic (exact) mass is 335 g/mol. The summed E-state index contributed by atoms with van der Waals surface area (Å²) in [7, 11) is 0. The lowest BCUT2D eigenvalue weighted by molar-refractivity contribution is -0.274. The maximum Gasteiger partial charge on any atom is 0.425 e. The topological polar surface area (TPSA) is 62.9 Å². The van der Waals surface area contributed by atoms with E-state index in [2.05, 4.69) is 0 Å². The van der Waals surface area contributed by atoms with Gasteiger partial charge in [-0.15, -0.1) is 0 Å². The zero-order chi connectivity index (χ0) is 17.4. The van der Waals surface area contributed by atoms with Crippen LogP contribution in [0, 0.1) is 6.92 Å². The molecule has 1 N–H and O–H groups in total. The van der Waals surface area contributed by atoms with Gasteiger partial charge in [0, 0.05) is 0 Å². The third kappa shape index (κ3) is 3.37. The highest BCUT2D eigenvalue weighted by atomic mass is 19.4. The van der Waals surface area contributed by atoms with Crippen LogP contribution in [0.3, 0.4) is 0 Å². The summed E-state index contributed by atoms with van der Waals surface area (Å²) >= 11 is 0. The highest BCUT2D eigenvalue weighted by molar-refractivity contribution is 5.78. The van der Waals surface area contributed by atoms with Gasteiger partial charge in [0.05, 0.1) is 31.7 Å². The minimum absolute atomic E-state index is 0.225. The molecule has 1 aliphatic heterocycles. The number of carbonyl (C=O) groups excluding carboxylic acids is 1. The lowest BCUT2D eigenvalue weighted by Crippen LogP contribution is -2.55. The third-order valence-electron chi connectivity index (χ3n) is 3.98. The largest absolute Gasteiger partial charge is 0.463 e. The minimum Gasteiger partial charge on any atom is -0.463 e. The van der Waals surface area contributed by atoms with Crippen LogP contribution in [-0.2, 0) is 15.1 Å². The Morgan fingerprint density at radius 2 is 1.87 bits per heavy atom. The lowest BCUT2D eigenvalue weighted by Gasteiger charge is -2.40. The maximum atomic E-state index is 13.4. The van der Waals surface area contributed by atoms with Gasteiger partial charge in [-0.1, -0.05) is 0 Å². The average Bonchev–Trinajstić information content (AvgIpc) is 2.84. The zero-order valence-corrected chi connectivity index (χ0v) is 13.2. The molecule has 1 saturated heterocycles. The third-order valence-corrected chi connectivity index (χ3v) is 3.98. The quantitative estimate of drug-likeness (QED) is 0.921. The SMILES string of the molecule is Cc1ccc(C(O)(CC(=O)N2C(C)COCC2C)C(F)(F)F)o1. The lowest BCUT2D eigenvalue weighted by atomic mass is 9.94.